The Kier molecular flexibility index (Phi) is 4.77. The van der Waals surface area contributed by atoms with Crippen molar-refractivity contribution in [3.63, 3.8) is 0 Å². The molecule has 0 saturated heterocycles. The molecule has 13 heavy (non-hydrogen) atoms. The van der Waals surface area contributed by atoms with Gasteiger partial charge in [-0.15, -0.1) is 0 Å². The molecule has 0 fully saturated rings. The lowest BCUT2D eigenvalue weighted by Crippen LogP contribution is -2.49. The lowest BCUT2D eigenvalue weighted by atomic mass is 10.6. The summed E-state index contributed by atoms with van der Waals surface area (Å²) in [6.07, 6.45) is 0. The Morgan fingerprint density at radius 1 is 1.23 bits per heavy atom. The van der Waals surface area contributed by atoms with Gasteiger partial charge < -0.3 is 16.4 Å². The molecule has 0 atom stereocenters. The average molecular weight is 189 g/mol. The van der Waals surface area contributed by atoms with Gasteiger partial charge in [-0.05, 0) is 0 Å². The van der Waals surface area contributed by atoms with Crippen molar-refractivity contribution in [1.82, 2.24) is 21.5 Å². The standard InChI is InChI=1S/C5H11N5O3/c1-7-5(13)10-9-3(11)2-8-4(6)12/h2H2,1H3,(H,9,11)(H3,6,8,12)(H2,7,10,13). The number of hydrogen-bond acceptors (Lipinski definition) is 3. The monoisotopic (exact) mass is 189 g/mol. The fraction of sp³-hybridized carbons (Fsp3) is 0.400. The van der Waals surface area contributed by atoms with Crippen LogP contribution in [0.4, 0.5) is 9.59 Å². The van der Waals surface area contributed by atoms with Crippen LogP contribution in [-0.2, 0) is 4.79 Å². The topological polar surface area (TPSA) is 125 Å². The predicted octanol–water partition coefficient (Wildman–Crippen LogP) is -2.39. The lowest BCUT2D eigenvalue weighted by molar-refractivity contribution is -0.120. The SMILES string of the molecule is CNC(=O)NNC(=O)CNC(N)=O. The predicted molar refractivity (Wildman–Crippen MR) is 43.3 cm³/mol. The number of carbonyl (C=O) groups excluding carboxylic acids is 3. The highest BCUT2D eigenvalue weighted by Gasteiger charge is 2.02. The number of rotatable bonds is 2. The highest BCUT2D eigenvalue weighted by Crippen LogP contribution is 1.62. The van der Waals surface area contributed by atoms with Gasteiger partial charge in [0.2, 0.25) is 0 Å². The molecular formula is C5H11N5O3. The van der Waals surface area contributed by atoms with Crippen molar-refractivity contribution in [3.05, 3.63) is 0 Å². The number of hydrazine groups is 1. The van der Waals surface area contributed by atoms with Crippen LogP contribution in [-0.4, -0.2) is 31.6 Å². The van der Waals surface area contributed by atoms with E-state index < -0.39 is 18.0 Å². The Balaban J connectivity index is 3.52. The summed E-state index contributed by atoms with van der Waals surface area (Å²) in [5, 5.41) is 4.25. The van der Waals surface area contributed by atoms with E-state index in [-0.39, 0.29) is 6.54 Å². The molecule has 0 aliphatic carbocycles. The van der Waals surface area contributed by atoms with E-state index >= 15 is 0 Å². The van der Waals surface area contributed by atoms with E-state index in [1.807, 2.05) is 16.2 Å². The number of carbonyl (C=O) groups is 3. The Bertz CT molecular complexity index is 216. The van der Waals surface area contributed by atoms with Crippen LogP contribution in [0.15, 0.2) is 0 Å². The summed E-state index contributed by atoms with van der Waals surface area (Å²) in [6.45, 7) is -0.292. The van der Waals surface area contributed by atoms with E-state index in [1.165, 1.54) is 7.05 Å². The Morgan fingerprint density at radius 2 is 1.85 bits per heavy atom. The van der Waals surface area contributed by atoms with E-state index in [0.717, 1.165) is 0 Å². The Morgan fingerprint density at radius 3 is 2.31 bits per heavy atom. The van der Waals surface area contributed by atoms with Crippen molar-refractivity contribution in [2.75, 3.05) is 13.6 Å². The molecule has 5 amide bonds. The molecule has 0 spiro atoms. The first kappa shape index (κ1) is 11.0. The third kappa shape index (κ3) is 6.41. The van der Waals surface area contributed by atoms with Crippen molar-refractivity contribution in [2.45, 2.75) is 0 Å². The number of nitrogens with one attached hydrogen (secondary N) is 4. The Hall–Kier alpha value is -1.99. The van der Waals surface area contributed by atoms with Crippen molar-refractivity contribution in [1.29, 1.82) is 0 Å². The lowest BCUT2D eigenvalue weighted by Gasteiger charge is -2.05. The molecule has 0 bridgehead atoms. The number of urea groups is 2. The summed E-state index contributed by atoms with van der Waals surface area (Å²) in [4.78, 5) is 31.4. The van der Waals surface area contributed by atoms with Crippen LogP contribution in [0.3, 0.4) is 0 Å². The summed E-state index contributed by atoms with van der Waals surface area (Å²) < 4.78 is 0. The fourth-order valence-corrected chi connectivity index (χ4v) is 0.401. The minimum absolute atomic E-state index is 0.292. The minimum Gasteiger partial charge on any atom is -0.352 e. The van der Waals surface area contributed by atoms with E-state index in [1.54, 1.807) is 0 Å². The summed E-state index contributed by atoms with van der Waals surface area (Å²) in [5.41, 5.74) is 8.72. The maximum absolute atomic E-state index is 10.7. The molecule has 0 heterocycles. The van der Waals surface area contributed by atoms with Gasteiger partial charge in [-0.25, -0.2) is 15.0 Å². The third-order valence-electron chi connectivity index (χ3n) is 0.966. The van der Waals surface area contributed by atoms with Crippen molar-refractivity contribution >= 4 is 18.0 Å². The summed E-state index contributed by atoms with van der Waals surface area (Å²) in [5.74, 6) is -0.581. The number of hydrogen-bond donors (Lipinski definition) is 5. The normalized spacial score (nSPS) is 8.38. The molecule has 0 aromatic heterocycles. The Labute approximate surface area is 74.2 Å². The number of amides is 5. The molecule has 6 N–H and O–H groups in total. The van der Waals surface area contributed by atoms with Crippen LogP contribution in [0, 0.1) is 0 Å². The molecule has 0 rings (SSSR count). The fourth-order valence-electron chi connectivity index (χ4n) is 0.401. The minimum atomic E-state index is -0.810. The van der Waals surface area contributed by atoms with Crippen LogP contribution in [0.5, 0.6) is 0 Å². The van der Waals surface area contributed by atoms with E-state index in [2.05, 4.69) is 5.32 Å². The van der Waals surface area contributed by atoms with Crippen LogP contribution < -0.4 is 27.2 Å². The zero-order valence-corrected chi connectivity index (χ0v) is 7.01. The summed E-state index contributed by atoms with van der Waals surface area (Å²) in [7, 11) is 1.39. The van der Waals surface area contributed by atoms with Gasteiger partial charge in [-0.2, -0.15) is 0 Å². The van der Waals surface area contributed by atoms with E-state index in [9.17, 15) is 14.4 Å². The molecule has 0 unspecified atom stereocenters. The van der Waals surface area contributed by atoms with Crippen LogP contribution in [0.1, 0.15) is 0 Å². The maximum Gasteiger partial charge on any atom is 0.333 e. The first-order valence-corrected chi connectivity index (χ1v) is 3.36. The molecule has 8 nitrogen and oxygen atoms in total. The van der Waals surface area contributed by atoms with Gasteiger partial charge in [0.1, 0.15) is 6.54 Å². The zero-order valence-electron chi connectivity index (χ0n) is 7.01. The summed E-state index contributed by atoms with van der Waals surface area (Å²) in [6, 6.07) is -1.37. The van der Waals surface area contributed by atoms with E-state index in [0.29, 0.717) is 0 Å². The second-order valence-corrected chi connectivity index (χ2v) is 1.97. The molecule has 0 aliphatic heterocycles. The van der Waals surface area contributed by atoms with Gasteiger partial charge >= 0.3 is 12.1 Å². The van der Waals surface area contributed by atoms with Crippen LogP contribution in [0.25, 0.3) is 0 Å². The van der Waals surface area contributed by atoms with Crippen molar-refractivity contribution in [2.24, 2.45) is 5.73 Å². The van der Waals surface area contributed by atoms with Crippen molar-refractivity contribution in [3.8, 4) is 0 Å². The number of primary amides is 1. The molecule has 0 aromatic rings. The van der Waals surface area contributed by atoms with Gasteiger partial charge in [-0.1, -0.05) is 0 Å². The molecular weight excluding hydrogens is 178 g/mol. The largest absolute Gasteiger partial charge is 0.352 e. The second kappa shape index (κ2) is 5.63. The first-order chi connectivity index (χ1) is 6.06. The van der Waals surface area contributed by atoms with Gasteiger partial charge in [-0.3, -0.25) is 10.2 Å². The molecule has 8 heteroatoms. The quantitative estimate of drug-likeness (QED) is 0.311. The van der Waals surface area contributed by atoms with Crippen LogP contribution in [0.2, 0.25) is 0 Å². The van der Waals surface area contributed by atoms with E-state index in [4.69, 9.17) is 5.73 Å². The van der Waals surface area contributed by atoms with Gasteiger partial charge in [0.25, 0.3) is 5.91 Å². The molecule has 0 saturated carbocycles. The highest BCUT2D eigenvalue weighted by molar-refractivity contribution is 5.85. The van der Waals surface area contributed by atoms with Gasteiger partial charge in [0, 0.05) is 7.05 Å². The second-order valence-electron chi connectivity index (χ2n) is 1.97. The molecule has 0 radical (unpaired) electrons. The maximum atomic E-state index is 10.7. The molecule has 74 valence electrons. The highest BCUT2D eigenvalue weighted by atomic mass is 16.2. The smallest absolute Gasteiger partial charge is 0.333 e. The summed E-state index contributed by atoms with van der Waals surface area (Å²) >= 11 is 0. The average Bonchev–Trinajstić information content (AvgIpc) is 2.10. The van der Waals surface area contributed by atoms with Gasteiger partial charge in [0.15, 0.2) is 0 Å². The van der Waals surface area contributed by atoms with Crippen molar-refractivity contribution < 1.29 is 14.4 Å². The van der Waals surface area contributed by atoms with Gasteiger partial charge in [0.05, 0.1) is 0 Å². The van der Waals surface area contributed by atoms with Crippen LogP contribution >= 0.6 is 0 Å². The number of nitrogens with two attached hydrogens (primary N) is 1. The zero-order chi connectivity index (χ0) is 10.3. The first-order valence-electron chi connectivity index (χ1n) is 3.36. The molecule has 0 aromatic carbocycles. The molecule has 0 aliphatic rings. The third-order valence-corrected chi connectivity index (χ3v) is 0.966.